The first-order valence-electron chi connectivity index (χ1n) is 7.55. The Bertz CT molecular complexity index is 906. The van der Waals surface area contributed by atoms with Crippen molar-refractivity contribution in [2.45, 2.75) is 6.54 Å². The van der Waals surface area contributed by atoms with Crippen LogP contribution < -0.4 is 10.6 Å². The molecular formula is C19H14BrN5O. The molecule has 0 spiro atoms. The molecule has 0 fully saturated rings. The van der Waals surface area contributed by atoms with E-state index in [1.165, 1.54) is 6.21 Å². The van der Waals surface area contributed by atoms with Gasteiger partial charge in [-0.05, 0) is 23.3 Å². The number of nitrogens with one attached hydrogen (secondary N) is 2. The number of aliphatic imine (C=N–C) groups is 1. The number of rotatable bonds is 5. The van der Waals surface area contributed by atoms with Crippen LogP contribution in [0.2, 0.25) is 0 Å². The van der Waals surface area contributed by atoms with E-state index < -0.39 is 6.03 Å². The number of urea groups is 1. The normalized spacial score (nSPS) is 11.2. The highest BCUT2D eigenvalue weighted by atomic mass is 79.9. The summed E-state index contributed by atoms with van der Waals surface area (Å²) in [6.45, 7) is 0.301. The second-order valence-electron chi connectivity index (χ2n) is 5.05. The predicted octanol–water partition coefficient (Wildman–Crippen LogP) is 3.63. The van der Waals surface area contributed by atoms with Gasteiger partial charge in [-0.3, -0.25) is 5.32 Å². The van der Waals surface area contributed by atoms with E-state index in [1.807, 2.05) is 48.5 Å². The molecule has 0 saturated heterocycles. The molecule has 0 radical (unpaired) electrons. The Hall–Kier alpha value is -3.42. The number of nitrogens with zero attached hydrogens (tertiary/aromatic N) is 3. The summed E-state index contributed by atoms with van der Waals surface area (Å²) in [4.78, 5) is 15.9. The van der Waals surface area contributed by atoms with Gasteiger partial charge >= 0.3 is 6.03 Å². The van der Waals surface area contributed by atoms with Gasteiger partial charge in [-0.1, -0.05) is 58.4 Å². The zero-order valence-electron chi connectivity index (χ0n) is 13.6. The van der Waals surface area contributed by atoms with Crippen molar-refractivity contribution in [2.24, 2.45) is 4.99 Å². The molecule has 0 bridgehead atoms. The van der Waals surface area contributed by atoms with Crippen molar-refractivity contribution in [3.63, 3.8) is 0 Å². The quantitative estimate of drug-likeness (QED) is 0.584. The number of nitriles is 2. The average molecular weight is 408 g/mol. The molecule has 128 valence electrons. The number of allylic oxidation sites excluding steroid dienone is 2. The lowest BCUT2D eigenvalue weighted by Gasteiger charge is -2.07. The molecule has 0 heterocycles. The molecule has 0 atom stereocenters. The summed E-state index contributed by atoms with van der Waals surface area (Å²) in [6, 6.07) is 19.6. The Balaban J connectivity index is 2.05. The Labute approximate surface area is 159 Å². The summed E-state index contributed by atoms with van der Waals surface area (Å²) >= 11 is 3.33. The summed E-state index contributed by atoms with van der Waals surface area (Å²) in [5.41, 5.74) is 1.28. The van der Waals surface area contributed by atoms with Gasteiger partial charge in [-0.25, -0.2) is 9.79 Å². The Morgan fingerprint density at radius 1 is 1.08 bits per heavy atom. The highest BCUT2D eigenvalue weighted by Gasteiger charge is 2.09. The van der Waals surface area contributed by atoms with Crippen LogP contribution in [0.4, 0.5) is 4.79 Å². The minimum Gasteiger partial charge on any atom is -0.334 e. The van der Waals surface area contributed by atoms with Crippen LogP contribution in [0.25, 0.3) is 0 Å². The van der Waals surface area contributed by atoms with Crippen molar-refractivity contribution in [1.82, 2.24) is 10.6 Å². The van der Waals surface area contributed by atoms with Crippen LogP contribution in [0.1, 0.15) is 11.1 Å². The first kappa shape index (κ1) is 18.9. The van der Waals surface area contributed by atoms with Crippen LogP contribution in [0, 0.1) is 22.7 Å². The maximum atomic E-state index is 11.9. The van der Waals surface area contributed by atoms with E-state index in [2.05, 4.69) is 31.6 Å². The minimum atomic E-state index is -0.586. The third-order valence-corrected chi connectivity index (χ3v) is 3.73. The van der Waals surface area contributed by atoms with Gasteiger partial charge in [0, 0.05) is 17.2 Å². The highest BCUT2D eigenvalue weighted by Crippen LogP contribution is 2.10. The maximum Gasteiger partial charge on any atom is 0.320 e. The molecule has 2 aromatic carbocycles. The van der Waals surface area contributed by atoms with E-state index >= 15 is 0 Å². The molecule has 7 heteroatoms. The first-order valence-corrected chi connectivity index (χ1v) is 8.34. The van der Waals surface area contributed by atoms with Gasteiger partial charge in [-0.2, -0.15) is 10.5 Å². The van der Waals surface area contributed by atoms with E-state index in [9.17, 15) is 15.3 Å². The van der Waals surface area contributed by atoms with Crippen LogP contribution in [-0.4, -0.2) is 12.2 Å². The van der Waals surface area contributed by atoms with Crippen molar-refractivity contribution < 1.29 is 4.79 Å². The summed E-state index contributed by atoms with van der Waals surface area (Å²) in [5, 5.41) is 23.4. The van der Waals surface area contributed by atoms with Crippen LogP contribution in [-0.2, 0) is 6.54 Å². The van der Waals surface area contributed by atoms with Gasteiger partial charge in [0.2, 0.25) is 0 Å². The Kier molecular flexibility index (Phi) is 7.11. The second-order valence-corrected chi connectivity index (χ2v) is 5.97. The van der Waals surface area contributed by atoms with Gasteiger partial charge in [-0.15, -0.1) is 0 Å². The van der Waals surface area contributed by atoms with Crippen LogP contribution in [0.3, 0.4) is 0 Å². The molecule has 6 nitrogen and oxygen atoms in total. The molecule has 0 aliphatic heterocycles. The number of hydrogen-bond donors (Lipinski definition) is 2. The minimum absolute atomic E-state index is 0.176. The lowest BCUT2D eigenvalue weighted by atomic mass is 10.2. The zero-order chi connectivity index (χ0) is 18.8. The molecular weight excluding hydrogens is 394 g/mol. The van der Waals surface area contributed by atoms with E-state index in [-0.39, 0.29) is 11.4 Å². The van der Waals surface area contributed by atoms with Crippen molar-refractivity contribution in [3.8, 4) is 12.1 Å². The topological polar surface area (TPSA) is 101 Å². The fraction of sp³-hybridized carbons (Fsp3) is 0.0526. The van der Waals surface area contributed by atoms with Crippen LogP contribution >= 0.6 is 15.9 Å². The van der Waals surface area contributed by atoms with Crippen molar-refractivity contribution in [3.05, 3.63) is 81.6 Å². The van der Waals surface area contributed by atoms with Gasteiger partial charge in [0.25, 0.3) is 0 Å². The molecule has 2 rings (SSSR count). The van der Waals surface area contributed by atoms with E-state index in [4.69, 9.17) is 0 Å². The molecule has 2 amide bonds. The summed E-state index contributed by atoms with van der Waals surface area (Å²) in [7, 11) is 0. The van der Waals surface area contributed by atoms with Crippen molar-refractivity contribution in [1.29, 1.82) is 10.5 Å². The third kappa shape index (κ3) is 5.90. The monoisotopic (exact) mass is 407 g/mol. The van der Waals surface area contributed by atoms with Crippen LogP contribution in [0.15, 0.2) is 75.5 Å². The lowest BCUT2D eigenvalue weighted by Crippen LogP contribution is -2.34. The number of benzene rings is 2. The standard InChI is InChI=1S/C19H14BrN5O/c20-16-8-6-15(7-9-16)12-23-17(10-21)18(11-22)25-19(26)24-13-14-4-2-1-3-5-14/h1-9,12H,13H2,(H2,24,25,26)/b18-17+,23-12?. The van der Waals surface area contributed by atoms with Crippen molar-refractivity contribution in [2.75, 3.05) is 0 Å². The molecule has 0 aromatic heterocycles. The molecule has 26 heavy (non-hydrogen) atoms. The molecule has 0 unspecified atom stereocenters. The van der Waals surface area contributed by atoms with E-state index in [0.29, 0.717) is 6.54 Å². The zero-order valence-corrected chi connectivity index (χ0v) is 15.2. The summed E-state index contributed by atoms with van der Waals surface area (Å²) < 4.78 is 0.917. The van der Waals surface area contributed by atoms with Crippen LogP contribution in [0.5, 0.6) is 0 Å². The molecule has 0 aliphatic carbocycles. The number of carbonyl (C=O) groups excluding carboxylic acids is 1. The maximum absolute atomic E-state index is 11.9. The lowest BCUT2D eigenvalue weighted by molar-refractivity contribution is 0.243. The summed E-state index contributed by atoms with van der Waals surface area (Å²) in [6.07, 6.45) is 1.45. The van der Waals surface area contributed by atoms with Gasteiger partial charge in [0.05, 0.1) is 0 Å². The van der Waals surface area contributed by atoms with Gasteiger partial charge in [0.15, 0.2) is 11.4 Å². The smallest absolute Gasteiger partial charge is 0.320 e. The third-order valence-electron chi connectivity index (χ3n) is 3.20. The SMILES string of the molecule is N#C/C(N=Cc1ccc(Br)cc1)=C(/C#N)NC(=O)NCc1ccccc1. The number of halogens is 1. The number of hydrogen-bond acceptors (Lipinski definition) is 4. The van der Waals surface area contributed by atoms with Gasteiger partial charge in [0.1, 0.15) is 12.1 Å². The predicted molar refractivity (Wildman–Crippen MR) is 102 cm³/mol. The molecule has 0 saturated carbocycles. The Morgan fingerprint density at radius 3 is 2.38 bits per heavy atom. The molecule has 0 aliphatic rings. The Morgan fingerprint density at radius 2 is 1.77 bits per heavy atom. The van der Waals surface area contributed by atoms with E-state index in [0.717, 1.165) is 15.6 Å². The molecule has 2 aromatic rings. The number of carbonyl (C=O) groups is 1. The van der Waals surface area contributed by atoms with Gasteiger partial charge < -0.3 is 5.32 Å². The second kappa shape index (κ2) is 9.77. The number of amides is 2. The van der Waals surface area contributed by atoms with Crippen molar-refractivity contribution >= 4 is 28.2 Å². The largest absolute Gasteiger partial charge is 0.334 e. The molecule has 2 N–H and O–H groups in total. The summed E-state index contributed by atoms with van der Waals surface area (Å²) in [5.74, 6) is 0. The first-order chi connectivity index (χ1) is 12.6. The fourth-order valence-corrected chi connectivity index (χ4v) is 2.18. The highest BCUT2D eigenvalue weighted by molar-refractivity contribution is 9.10. The van der Waals surface area contributed by atoms with E-state index in [1.54, 1.807) is 18.2 Å². The fourth-order valence-electron chi connectivity index (χ4n) is 1.91. The average Bonchev–Trinajstić information content (AvgIpc) is 2.68.